The number of carbonyl (C=O) groups is 1. The normalized spacial score (nSPS) is 30.4. The molecule has 126 valence electrons. The number of nitrogens with zero attached hydrogens (tertiary/aromatic N) is 3. The molecule has 1 aliphatic carbocycles. The molecule has 1 N–H and O–H groups in total. The van der Waals surface area contributed by atoms with Crippen molar-refractivity contribution in [3.8, 4) is 0 Å². The Morgan fingerprint density at radius 2 is 2.04 bits per heavy atom. The van der Waals surface area contributed by atoms with E-state index >= 15 is 0 Å². The largest absolute Gasteiger partial charge is 0.348 e. The molecule has 1 aromatic rings. The molecule has 3 heterocycles. The number of aromatic nitrogens is 2. The Morgan fingerprint density at radius 3 is 2.70 bits per heavy atom. The monoisotopic (exact) mass is 338 g/mol. The van der Waals surface area contributed by atoms with Crippen LogP contribution in [0.1, 0.15) is 29.0 Å². The number of H-pyrrole nitrogens is 1. The Bertz CT molecular complexity index is 725. The molecule has 3 fully saturated rings. The van der Waals surface area contributed by atoms with E-state index in [2.05, 4.69) is 14.9 Å². The molecule has 2 atom stereocenters. The number of nitrogens with one attached hydrogen (secondary N) is 1. The van der Waals surface area contributed by atoms with Gasteiger partial charge in [-0.15, -0.1) is 0 Å². The molecule has 0 radical (unpaired) electrons. The summed E-state index contributed by atoms with van der Waals surface area (Å²) in [4.78, 5) is 23.9. The van der Waals surface area contributed by atoms with Crippen molar-refractivity contribution >= 4 is 15.7 Å². The number of rotatable bonds is 3. The second-order valence-electron chi connectivity index (χ2n) is 7.02. The number of sulfone groups is 1. The summed E-state index contributed by atoms with van der Waals surface area (Å²) in [6.07, 6.45) is 4.00. The topological polar surface area (TPSA) is 86.4 Å². The first-order valence-corrected chi connectivity index (χ1v) is 10.0. The maximum Gasteiger partial charge on any atom is 0.274 e. The van der Waals surface area contributed by atoms with Gasteiger partial charge in [0.05, 0.1) is 23.9 Å². The van der Waals surface area contributed by atoms with Gasteiger partial charge in [0.25, 0.3) is 5.91 Å². The van der Waals surface area contributed by atoms with Crippen LogP contribution in [0.2, 0.25) is 0 Å². The van der Waals surface area contributed by atoms with Crippen molar-refractivity contribution in [1.82, 2.24) is 19.8 Å². The predicted octanol–water partition coefficient (Wildman–Crippen LogP) is 0.0515. The molecule has 1 saturated carbocycles. The van der Waals surface area contributed by atoms with Crippen molar-refractivity contribution in [2.24, 2.45) is 5.92 Å². The molecule has 2 aliphatic heterocycles. The number of carbonyl (C=O) groups excluding carboxylic acids is 1. The Labute approximate surface area is 136 Å². The molecule has 0 aromatic carbocycles. The van der Waals surface area contributed by atoms with Crippen LogP contribution in [0.5, 0.6) is 0 Å². The summed E-state index contributed by atoms with van der Waals surface area (Å²) in [5.41, 5.74) is 1.14. The van der Waals surface area contributed by atoms with E-state index in [0.29, 0.717) is 12.2 Å². The third-order valence-electron chi connectivity index (χ3n) is 5.27. The minimum Gasteiger partial charge on any atom is -0.348 e. The number of aromatic amines is 1. The third kappa shape index (κ3) is 2.78. The first-order valence-electron chi connectivity index (χ1n) is 8.20. The minimum atomic E-state index is -3.09. The standard InChI is InChI=1S/C15H22N4O3S/c1-10-14(17-9-16-10)15(20)19-5-4-18(6-11-2-3-11)12-7-23(21,22)8-13(12)19/h9,11-13H,2-8H2,1H3,(H,16,17)/t12-,13+/m1/s1. The van der Waals surface area contributed by atoms with Gasteiger partial charge in [0, 0.05) is 31.4 Å². The summed E-state index contributed by atoms with van der Waals surface area (Å²) in [5, 5.41) is 0. The van der Waals surface area contributed by atoms with E-state index in [-0.39, 0.29) is 29.5 Å². The van der Waals surface area contributed by atoms with Crippen LogP contribution >= 0.6 is 0 Å². The molecule has 2 saturated heterocycles. The Kier molecular flexibility index (Phi) is 3.49. The predicted molar refractivity (Wildman–Crippen MR) is 84.9 cm³/mol. The minimum absolute atomic E-state index is 0.0578. The molecule has 0 bridgehead atoms. The molecular formula is C15H22N4O3S. The lowest BCUT2D eigenvalue weighted by molar-refractivity contribution is 0.0313. The van der Waals surface area contributed by atoms with E-state index in [9.17, 15) is 13.2 Å². The van der Waals surface area contributed by atoms with Gasteiger partial charge in [-0.25, -0.2) is 13.4 Å². The van der Waals surface area contributed by atoms with Crippen LogP contribution in [0.4, 0.5) is 0 Å². The molecule has 4 rings (SSSR count). The van der Waals surface area contributed by atoms with Crippen LogP contribution in [0, 0.1) is 12.8 Å². The van der Waals surface area contributed by atoms with E-state index in [0.717, 1.165) is 24.7 Å². The highest BCUT2D eigenvalue weighted by atomic mass is 32.2. The van der Waals surface area contributed by atoms with Gasteiger partial charge in [-0.3, -0.25) is 9.69 Å². The van der Waals surface area contributed by atoms with Crippen LogP contribution in [0.25, 0.3) is 0 Å². The second-order valence-corrected chi connectivity index (χ2v) is 9.18. The average molecular weight is 338 g/mol. The SMILES string of the molecule is Cc1[nH]cnc1C(=O)N1CCN(CC2CC2)[C@@H]2CS(=O)(=O)C[C@@H]21. The summed E-state index contributed by atoms with van der Waals surface area (Å²) in [6.45, 7) is 4.11. The Morgan fingerprint density at radius 1 is 1.30 bits per heavy atom. The maximum absolute atomic E-state index is 12.8. The quantitative estimate of drug-likeness (QED) is 0.842. The molecule has 7 nitrogen and oxygen atoms in total. The van der Waals surface area contributed by atoms with Crippen molar-refractivity contribution in [2.75, 3.05) is 31.1 Å². The zero-order valence-electron chi connectivity index (χ0n) is 13.2. The van der Waals surface area contributed by atoms with Crippen LogP contribution < -0.4 is 0 Å². The van der Waals surface area contributed by atoms with Crippen LogP contribution in [-0.2, 0) is 9.84 Å². The molecule has 1 amide bonds. The zero-order valence-corrected chi connectivity index (χ0v) is 14.1. The van der Waals surface area contributed by atoms with Gasteiger partial charge in [0.15, 0.2) is 9.84 Å². The molecule has 1 aromatic heterocycles. The first-order chi connectivity index (χ1) is 10.9. The van der Waals surface area contributed by atoms with Crippen molar-refractivity contribution in [2.45, 2.75) is 31.8 Å². The van der Waals surface area contributed by atoms with Crippen molar-refractivity contribution in [1.29, 1.82) is 0 Å². The van der Waals surface area contributed by atoms with E-state index in [1.54, 1.807) is 4.90 Å². The van der Waals surface area contributed by atoms with Crippen molar-refractivity contribution in [3.63, 3.8) is 0 Å². The third-order valence-corrected chi connectivity index (χ3v) is 6.97. The summed E-state index contributed by atoms with van der Waals surface area (Å²) >= 11 is 0. The summed E-state index contributed by atoms with van der Waals surface area (Å²) in [7, 11) is -3.09. The summed E-state index contributed by atoms with van der Waals surface area (Å²) in [5.74, 6) is 0.818. The van der Waals surface area contributed by atoms with Gasteiger partial charge >= 0.3 is 0 Å². The first kappa shape index (κ1) is 15.1. The van der Waals surface area contributed by atoms with Gasteiger partial charge in [-0.2, -0.15) is 0 Å². The van der Waals surface area contributed by atoms with Gasteiger partial charge < -0.3 is 9.88 Å². The lowest BCUT2D eigenvalue weighted by atomic mass is 10.0. The molecule has 3 aliphatic rings. The van der Waals surface area contributed by atoms with E-state index < -0.39 is 9.84 Å². The average Bonchev–Trinajstić information content (AvgIpc) is 3.09. The highest BCUT2D eigenvalue weighted by Crippen LogP contribution is 2.34. The zero-order chi connectivity index (χ0) is 16.2. The maximum atomic E-state index is 12.8. The van der Waals surface area contributed by atoms with E-state index in [1.807, 2.05) is 6.92 Å². The smallest absolute Gasteiger partial charge is 0.274 e. The van der Waals surface area contributed by atoms with Gasteiger partial charge in [0.1, 0.15) is 5.69 Å². The number of aryl methyl sites for hydroxylation is 1. The fourth-order valence-electron chi connectivity index (χ4n) is 3.85. The van der Waals surface area contributed by atoms with Crippen LogP contribution in [0.15, 0.2) is 6.33 Å². The Hall–Kier alpha value is -1.41. The molecular weight excluding hydrogens is 316 g/mol. The van der Waals surface area contributed by atoms with Gasteiger partial charge in [-0.05, 0) is 25.7 Å². The highest BCUT2D eigenvalue weighted by Gasteiger charge is 2.49. The summed E-state index contributed by atoms with van der Waals surface area (Å²) < 4.78 is 24.4. The number of hydrogen-bond acceptors (Lipinski definition) is 5. The molecule has 23 heavy (non-hydrogen) atoms. The summed E-state index contributed by atoms with van der Waals surface area (Å²) in [6, 6.07) is -0.298. The van der Waals surface area contributed by atoms with E-state index in [4.69, 9.17) is 0 Å². The molecule has 8 heteroatoms. The number of amides is 1. The highest BCUT2D eigenvalue weighted by molar-refractivity contribution is 7.91. The number of imidazole rings is 1. The number of piperazine rings is 1. The second kappa shape index (κ2) is 5.31. The molecule has 0 spiro atoms. The number of hydrogen-bond donors (Lipinski definition) is 1. The fourth-order valence-corrected chi connectivity index (χ4v) is 5.86. The van der Waals surface area contributed by atoms with E-state index in [1.165, 1.54) is 19.2 Å². The van der Waals surface area contributed by atoms with Crippen molar-refractivity contribution in [3.05, 3.63) is 17.7 Å². The lowest BCUT2D eigenvalue weighted by Gasteiger charge is -2.43. The Balaban J connectivity index is 1.59. The van der Waals surface area contributed by atoms with Crippen molar-refractivity contribution < 1.29 is 13.2 Å². The van der Waals surface area contributed by atoms with Gasteiger partial charge in [0.2, 0.25) is 0 Å². The lowest BCUT2D eigenvalue weighted by Crippen LogP contribution is -2.61. The van der Waals surface area contributed by atoms with Gasteiger partial charge in [-0.1, -0.05) is 0 Å². The molecule has 0 unspecified atom stereocenters. The number of fused-ring (bicyclic) bond motifs is 1. The van der Waals surface area contributed by atoms with Crippen LogP contribution in [0.3, 0.4) is 0 Å². The van der Waals surface area contributed by atoms with Crippen LogP contribution in [-0.4, -0.2) is 77.3 Å². The fraction of sp³-hybridized carbons (Fsp3) is 0.733.